The second kappa shape index (κ2) is 6.17. The third kappa shape index (κ3) is 2.52. The molecular weight excluding hydrogens is 294 g/mol. The molecule has 0 aliphatic rings. The van der Waals surface area contributed by atoms with E-state index in [1.807, 2.05) is 36.5 Å². The number of fused-ring (bicyclic) bond motifs is 2. The second-order valence-corrected chi connectivity index (χ2v) is 5.65. The minimum absolute atomic E-state index is 0.878. The van der Waals surface area contributed by atoms with Gasteiger partial charge in [-0.2, -0.15) is 0 Å². The first kappa shape index (κ1) is 14.5. The zero-order valence-corrected chi connectivity index (χ0v) is 13.4. The highest BCUT2D eigenvalue weighted by atomic mass is 16.5. The molecule has 24 heavy (non-hydrogen) atoms. The zero-order chi connectivity index (χ0) is 16.4. The number of rotatable bonds is 3. The van der Waals surface area contributed by atoms with Gasteiger partial charge in [0.25, 0.3) is 0 Å². The van der Waals surface area contributed by atoms with Gasteiger partial charge < -0.3 is 4.74 Å². The van der Waals surface area contributed by atoms with Gasteiger partial charge in [0.2, 0.25) is 0 Å². The number of aromatic nitrogens is 1. The smallest absolute Gasteiger partial charge is 0.126 e. The first-order valence-corrected chi connectivity index (χ1v) is 7.94. The van der Waals surface area contributed by atoms with Crippen LogP contribution in [0.1, 0.15) is 11.1 Å². The lowest BCUT2D eigenvalue weighted by Gasteiger charge is -2.09. The van der Waals surface area contributed by atoms with Crippen molar-refractivity contribution >= 4 is 33.8 Å². The molecule has 0 saturated carbocycles. The van der Waals surface area contributed by atoms with Crippen molar-refractivity contribution < 1.29 is 4.74 Å². The van der Waals surface area contributed by atoms with Crippen molar-refractivity contribution in [2.24, 2.45) is 0 Å². The SMILES string of the molecule is COc1ccc2ccccc2c1/C=C/c1ccnc2ccccc12. The van der Waals surface area contributed by atoms with Gasteiger partial charge in [0.05, 0.1) is 12.6 Å². The van der Waals surface area contributed by atoms with Gasteiger partial charge in [-0.05, 0) is 34.5 Å². The van der Waals surface area contributed by atoms with Crippen LogP contribution < -0.4 is 4.74 Å². The van der Waals surface area contributed by atoms with Crippen LogP contribution in [0.15, 0.2) is 72.9 Å². The van der Waals surface area contributed by atoms with E-state index < -0.39 is 0 Å². The summed E-state index contributed by atoms with van der Waals surface area (Å²) >= 11 is 0. The molecule has 0 aliphatic carbocycles. The van der Waals surface area contributed by atoms with Crippen LogP contribution in [0.3, 0.4) is 0 Å². The van der Waals surface area contributed by atoms with Gasteiger partial charge in [0.1, 0.15) is 5.75 Å². The molecule has 0 bridgehead atoms. The normalized spacial score (nSPS) is 11.4. The van der Waals surface area contributed by atoms with E-state index in [0.717, 1.165) is 27.8 Å². The first-order valence-electron chi connectivity index (χ1n) is 7.94. The van der Waals surface area contributed by atoms with E-state index in [1.165, 1.54) is 10.8 Å². The van der Waals surface area contributed by atoms with Crippen molar-refractivity contribution in [3.63, 3.8) is 0 Å². The zero-order valence-electron chi connectivity index (χ0n) is 13.4. The monoisotopic (exact) mass is 311 g/mol. The number of methoxy groups -OCH3 is 1. The highest BCUT2D eigenvalue weighted by Gasteiger charge is 2.05. The van der Waals surface area contributed by atoms with Gasteiger partial charge in [0.15, 0.2) is 0 Å². The Labute approximate surface area is 141 Å². The lowest BCUT2D eigenvalue weighted by Crippen LogP contribution is -1.88. The maximum absolute atomic E-state index is 5.57. The van der Waals surface area contributed by atoms with E-state index in [4.69, 9.17) is 4.74 Å². The third-order valence-corrected chi connectivity index (χ3v) is 4.26. The summed E-state index contributed by atoms with van der Waals surface area (Å²) in [4.78, 5) is 4.42. The number of hydrogen-bond donors (Lipinski definition) is 0. The van der Waals surface area contributed by atoms with Crippen molar-refractivity contribution in [3.05, 3.63) is 84.1 Å². The van der Waals surface area contributed by atoms with Gasteiger partial charge in [0, 0.05) is 17.1 Å². The van der Waals surface area contributed by atoms with Crippen molar-refractivity contribution in [2.75, 3.05) is 7.11 Å². The summed E-state index contributed by atoms with van der Waals surface area (Å²) in [6, 6.07) is 22.7. The molecule has 4 aromatic rings. The highest BCUT2D eigenvalue weighted by molar-refractivity contribution is 5.97. The van der Waals surface area contributed by atoms with Gasteiger partial charge in [-0.15, -0.1) is 0 Å². The van der Waals surface area contributed by atoms with Crippen LogP contribution in [0.2, 0.25) is 0 Å². The molecule has 0 amide bonds. The van der Waals surface area contributed by atoms with Crippen LogP contribution in [0.25, 0.3) is 33.8 Å². The van der Waals surface area contributed by atoms with Crippen LogP contribution in [0.4, 0.5) is 0 Å². The quantitative estimate of drug-likeness (QED) is 0.493. The number of nitrogens with zero attached hydrogens (tertiary/aromatic N) is 1. The average molecular weight is 311 g/mol. The van der Waals surface area contributed by atoms with Crippen LogP contribution in [-0.4, -0.2) is 12.1 Å². The van der Waals surface area contributed by atoms with E-state index in [1.54, 1.807) is 7.11 Å². The third-order valence-electron chi connectivity index (χ3n) is 4.26. The molecule has 2 heteroatoms. The molecule has 1 heterocycles. The lowest BCUT2D eigenvalue weighted by molar-refractivity contribution is 0.414. The summed E-state index contributed by atoms with van der Waals surface area (Å²) in [6.45, 7) is 0. The molecule has 0 N–H and O–H groups in total. The number of para-hydroxylation sites is 1. The van der Waals surface area contributed by atoms with E-state index in [2.05, 4.69) is 53.5 Å². The van der Waals surface area contributed by atoms with E-state index in [0.29, 0.717) is 0 Å². The fourth-order valence-electron chi connectivity index (χ4n) is 3.06. The van der Waals surface area contributed by atoms with Gasteiger partial charge in [-0.25, -0.2) is 0 Å². The number of pyridine rings is 1. The summed E-state index contributed by atoms with van der Waals surface area (Å²) in [5, 5.41) is 3.54. The molecule has 1 aromatic heterocycles. The van der Waals surface area contributed by atoms with E-state index in [-0.39, 0.29) is 0 Å². The van der Waals surface area contributed by atoms with Crippen molar-refractivity contribution in [1.82, 2.24) is 4.98 Å². The molecule has 0 aliphatic heterocycles. The average Bonchev–Trinajstić information content (AvgIpc) is 2.66. The Bertz CT molecular complexity index is 1040. The van der Waals surface area contributed by atoms with E-state index >= 15 is 0 Å². The Morgan fingerprint density at radius 1 is 0.792 bits per heavy atom. The summed E-state index contributed by atoms with van der Waals surface area (Å²) in [6.07, 6.45) is 6.11. The summed E-state index contributed by atoms with van der Waals surface area (Å²) in [5.74, 6) is 0.878. The van der Waals surface area contributed by atoms with Crippen LogP contribution >= 0.6 is 0 Å². The van der Waals surface area contributed by atoms with Crippen molar-refractivity contribution in [1.29, 1.82) is 0 Å². The maximum atomic E-state index is 5.57. The molecule has 0 unspecified atom stereocenters. The summed E-state index contributed by atoms with van der Waals surface area (Å²) in [7, 11) is 1.71. The Morgan fingerprint density at radius 3 is 2.46 bits per heavy atom. The fourth-order valence-corrected chi connectivity index (χ4v) is 3.06. The molecule has 0 spiro atoms. The van der Waals surface area contributed by atoms with Gasteiger partial charge >= 0.3 is 0 Å². The molecule has 2 nitrogen and oxygen atoms in total. The predicted octanol–water partition coefficient (Wildman–Crippen LogP) is 5.57. The molecule has 0 fully saturated rings. The lowest BCUT2D eigenvalue weighted by atomic mass is 10.0. The molecule has 0 radical (unpaired) electrons. The Balaban J connectivity index is 1.88. The topological polar surface area (TPSA) is 22.1 Å². The molecule has 116 valence electrons. The minimum Gasteiger partial charge on any atom is -0.496 e. The van der Waals surface area contributed by atoms with E-state index in [9.17, 15) is 0 Å². The fraction of sp³-hybridized carbons (Fsp3) is 0.0455. The Morgan fingerprint density at radius 2 is 1.58 bits per heavy atom. The van der Waals surface area contributed by atoms with Crippen LogP contribution in [-0.2, 0) is 0 Å². The van der Waals surface area contributed by atoms with Gasteiger partial charge in [-0.3, -0.25) is 4.98 Å². The number of benzene rings is 3. The molecule has 3 aromatic carbocycles. The molecule has 0 saturated heterocycles. The largest absolute Gasteiger partial charge is 0.496 e. The van der Waals surface area contributed by atoms with Gasteiger partial charge in [-0.1, -0.05) is 60.7 Å². The highest BCUT2D eigenvalue weighted by Crippen LogP contribution is 2.30. The predicted molar refractivity (Wildman–Crippen MR) is 101 cm³/mol. The van der Waals surface area contributed by atoms with Crippen molar-refractivity contribution in [2.45, 2.75) is 0 Å². The Hall–Kier alpha value is -3.13. The van der Waals surface area contributed by atoms with Crippen molar-refractivity contribution in [3.8, 4) is 5.75 Å². The molecule has 0 atom stereocenters. The maximum Gasteiger partial charge on any atom is 0.126 e. The number of ether oxygens (including phenoxy) is 1. The minimum atomic E-state index is 0.878. The summed E-state index contributed by atoms with van der Waals surface area (Å²) < 4.78 is 5.57. The Kier molecular flexibility index (Phi) is 3.72. The molecule has 4 rings (SSSR count). The second-order valence-electron chi connectivity index (χ2n) is 5.65. The molecular formula is C22H17NO. The first-order chi connectivity index (χ1) is 11.9. The summed E-state index contributed by atoms with van der Waals surface area (Å²) in [5.41, 5.74) is 3.25. The van der Waals surface area contributed by atoms with Crippen LogP contribution in [0.5, 0.6) is 5.75 Å². The standard InChI is InChI=1S/C22H17NO/c1-24-22-13-11-16-6-2-3-7-18(16)20(22)12-10-17-14-15-23-21-9-5-4-8-19(17)21/h2-15H,1H3/b12-10+. The number of hydrogen-bond acceptors (Lipinski definition) is 2. The van der Waals surface area contributed by atoms with Crippen LogP contribution in [0, 0.1) is 0 Å².